The number of piperidine rings is 1. The minimum Gasteiger partial charge on any atom is -0.344 e. The maximum atomic E-state index is 11.8. The molecule has 1 fully saturated rings. The Morgan fingerprint density at radius 2 is 2.05 bits per heavy atom. The fourth-order valence-electron chi connectivity index (χ4n) is 1.91. The fourth-order valence-corrected chi connectivity index (χ4v) is 2.83. The number of imide groups is 1. The van der Waals surface area contributed by atoms with E-state index in [-0.39, 0.29) is 24.0 Å². The summed E-state index contributed by atoms with van der Waals surface area (Å²) in [5, 5.41) is 5.53. The van der Waals surface area contributed by atoms with E-state index in [2.05, 4.69) is 10.6 Å². The van der Waals surface area contributed by atoms with E-state index in [1.54, 1.807) is 12.1 Å². The zero-order valence-corrected chi connectivity index (χ0v) is 12.8. The van der Waals surface area contributed by atoms with Gasteiger partial charge in [0.1, 0.15) is 6.04 Å². The average Bonchev–Trinajstić information content (AvgIpc) is 2.44. The normalized spacial score (nSPS) is 18.2. The summed E-state index contributed by atoms with van der Waals surface area (Å²) in [5.41, 5.74) is 1.08. The molecule has 1 saturated heterocycles. The van der Waals surface area contributed by atoms with Crippen LogP contribution in [0.15, 0.2) is 24.3 Å². The van der Waals surface area contributed by atoms with Crippen LogP contribution in [0.1, 0.15) is 18.4 Å². The summed E-state index contributed by atoms with van der Waals surface area (Å²) < 4.78 is 0. The summed E-state index contributed by atoms with van der Waals surface area (Å²) in [7, 11) is 0. The standard InChI is InChI=1S/C14H15ClN2O3S/c15-10-3-1-9(2-4-10)7-21-8-13(19)16-11-5-6-12(18)17-14(11)20/h1-4,11H,5-8H2,(H,16,19)(H,17,18,20). The van der Waals surface area contributed by atoms with Crippen LogP contribution in [-0.4, -0.2) is 29.5 Å². The van der Waals surface area contributed by atoms with Gasteiger partial charge in [-0.1, -0.05) is 23.7 Å². The van der Waals surface area contributed by atoms with E-state index in [1.807, 2.05) is 12.1 Å². The quantitative estimate of drug-likeness (QED) is 0.804. The highest BCUT2D eigenvalue weighted by molar-refractivity contribution is 7.99. The number of hydrogen-bond donors (Lipinski definition) is 2. The molecule has 0 spiro atoms. The van der Waals surface area contributed by atoms with Crippen LogP contribution in [0, 0.1) is 0 Å². The number of thioether (sulfide) groups is 1. The van der Waals surface area contributed by atoms with Crippen LogP contribution >= 0.6 is 23.4 Å². The molecule has 0 bridgehead atoms. The second-order valence-corrected chi connectivity index (χ2v) is 6.11. The monoisotopic (exact) mass is 326 g/mol. The van der Waals surface area contributed by atoms with Gasteiger partial charge in [-0.25, -0.2) is 0 Å². The Balaban J connectivity index is 1.71. The summed E-state index contributed by atoms with van der Waals surface area (Å²) in [6.07, 6.45) is 0.618. The van der Waals surface area contributed by atoms with E-state index in [0.717, 1.165) is 5.56 Å². The average molecular weight is 327 g/mol. The number of nitrogens with one attached hydrogen (secondary N) is 2. The molecule has 0 radical (unpaired) electrons. The number of amides is 3. The van der Waals surface area contributed by atoms with Crippen molar-refractivity contribution < 1.29 is 14.4 Å². The molecule has 0 aromatic heterocycles. The smallest absolute Gasteiger partial charge is 0.249 e. The minimum absolute atomic E-state index is 0.205. The molecule has 1 aromatic carbocycles. The third-order valence-corrected chi connectivity index (χ3v) is 4.25. The van der Waals surface area contributed by atoms with Gasteiger partial charge in [0.2, 0.25) is 17.7 Å². The number of carbonyl (C=O) groups excluding carboxylic acids is 3. The van der Waals surface area contributed by atoms with Crippen molar-refractivity contribution in [2.45, 2.75) is 24.6 Å². The third-order valence-electron chi connectivity index (χ3n) is 2.99. The molecule has 0 aliphatic carbocycles. The molecule has 2 rings (SSSR count). The van der Waals surface area contributed by atoms with Crippen LogP contribution < -0.4 is 10.6 Å². The second-order valence-electron chi connectivity index (χ2n) is 4.69. The van der Waals surface area contributed by atoms with Gasteiger partial charge in [-0.15, -0.1) is 11.8 Å². The first-order valence-electron chi connectivity index (χ1n) is 6.50. The number of rotatable bonds is 5. The Morgan fingerprint density at radius 3 is 2.71 bits per heavy atom. The van der Waals surface area contributed by atoms with E-state index in [4.69, 9.17) is 11.6 Å². The van der Waals surface area contributed by atoms with Crippen molar-refractivity contribution >= 4 is 41.1 Å². The van der Waals surface area contributed by atoms with Gasteiger partial charge >= 0.3 is 0 Å². The fraction of sp³-hybridized carbons (Fsp3) is 0.357. The number of hydrogen-bond acceptors (Lipinski definition) is 4. The van der Waals surface area contributed by atoms with Gasteiger partial charge in [-0.3, -0.25) is 19.7 Å². The zero-order chi connectivity index (χ0) is 15.2. The molecule has 2 N–H and O–H groups in total. The van der Waals surface area contributed by atoms with Crippen LogP contribution in [0.4, 0.5) is 0 Å². The first-order chi connectivity index (χ1) is 10.0. The lowest BCUT2D eigenvalue weighted by molar-refractivity contribution is -0.136. The lowest BCUT2D eigenvalue weighted by Gasteiger charge is -2.21. The molecule has 0 saturated carbocycles. The number of halogens is 1. The van der Waals surface area contributed by atoms with Gasteiger partial charge in [-0.05, 0) is 24.1 Å². The first-order valence-corrected chi connectivity index (χ1v) is 8.03. The van der Waals surface area contributed by atoms with E-state index >= 15 is 0 Å². The van der Waals surface area contributed by atoms with Gasteiger partial charge in [0.25, 0.3) is 0 Å². The van der Waals surface area contributed by atoms with Crippen molar-refractivity contribution in [3.8, 4) is 0 Å². The predicted octanol–water partition coefficient (Wildman–Crippen LogP) is 1.49. The highest BCUT2D eigenvalue weighted by Gasteiger charge is 2.27. The number of benzene rings is 1. The Labute approximate surface area is 131 Å². The third kappa shape index (κ3) is 5.06. The molecular formula is C14H15ClN2O3S. The highest BCUT2D eigenvalue weighted by atomic mass is 35.5. The summed E-state index contributed by atoms with van der Waals surface area (Å²) in [6.45, 7) is 0. The molecular weight excluding hydrogens is 312 g/mol. The highest BCUT2D eigenvalue weighted by Crippen LogP contribution is 2.15. The van der Waals surface area contributed by atoms with Crippen LogP contribution in [0.5, 0.6) is 0 Å². The SMILES string of the molecule is O=C1CCC(NC(=O)CSCc2ccc(Cl)cc2)C(=O)N1. The molecule has 1 heterocycles. The van der Waals surface area contributed by atoms with Crippen molar-refractivity contribution in [2.75, 3.05) is 5.75 Å². The van der Waals surface area contributed by atoms with Crippen LogP contribution in [0.2, 0.25) is 5.02 Å². The lowest BCUT2D eigenvalue weighted by Crippen LogP contribution is -2.52. The molecule has 3 amide bonds. The first kappa shape index (κ1) is 15.9. The molecule has 5 nitrogen and oxygen atoms in total. The van der Waals surface area contributed by atoms with Crippen LogP contribution in [0.25, 0.3) is 0 Å². The van der Waals surface area contributed by atoms with Crippen LogP contribution in [0.3, 0.4) is 0 Å². The summed E-state index contributed by atoms with van der Waals surface area (Å²) >= 11 is 7.25. The van der Waals surface area contributed by atoms with Crippen molar-refractivity contribution in [3.05, 3.63) is 34.9 Å². The maximum absolute atomic E-state index is 11.8. The van der Waals surface area contributed by atoms with Gasteiger partial charge in [0.05, 0.1) is 5.75 Å². The Bertz CT molecular complexity index is 548. The predicted molar refractivity (Wildman–Crippen MR) is 81.9 cm³/mol. The van der Waals surface area contributed by atoms with Crippen molar-refractivity contribution in [1.82, 2.24) is 10.6 Å². The van der Waals surface area contributed by atoms with Crippen molar-refractivity contribution in [2.24, 2.45) is 0 Å². The van der Waals surface area contributed by atoms with E-state index in [0.29, 0.717) is 17.2 Å². The maximum Gasteiger partial charge on any atom is 0.249 e. The van der Waals surface area contributed by atoms with E-state index < -0.39 is 11.9 Å². The van der Waals surface area contributed by atoms with Crippen molar-refractivity contribution in [3.63, 3.8) is 0 Å². The Morgan fingerprint density at radius 1 is 1.33 bits per heavy atom. The lowest BCUT2D eigenvalue weighted by atomic mass is 10.1. The van der Waals surface area contributed by atoms with Crippen LogP contribution in [-0.2, 0) is 20.1 Å². The topological polar surface area (TPSA) is 75.3 Å². The molecule has 1 aliphatic heterocycles. The minimum atomic E-state index is -0.605. The largest absolute Gasteiger partial charge is 0.344 e. The van der Waals surface area contributed by atoms with Gasteiger partial charge < -0.3 is 5.32 Å². The molecule has 21 heavy (non-hydrogen) atoms. The van der Waals surface area contributed by atoms with E-state index in [9.17, 15) is 14.4 Å². The molecule has 1 atom stereocenters. The Kier molecular flexibility index (Phi) is 5.64. The molecule has 7 heteroatoms. The Hall–Kier alpha value is -1.53. The summed E-state index contributed by atoms with van der Waals surface area (Å²) in [4.78, 5) is 34.3. The molecule has 1 aromatic rings. The number of carbonyl (C=O) groups is 3. The zero-order valence-electron chi connectivity index (χ0n) is 11.2. The summed E-state index contributed by atoms with van der Waals surface area (Å²) in [6, 6.07) is 6.83. The van der Waals surface area contributed by atoms with Crippen molar-refractivity contribution in [1.29, 1.82) is 0 Å². The van der Waals surface area contributed by atoms with Gasteiger partial charge in [0.15, 0.2) is 0 Å². The van der Waals surface area contributed by atoms with E-state index in [1.165, 1.54) is 11.8 Å². The molecule has 1 aliphatic rings. The molecule has 1 unspecified atom stereocenters. The van der Waals surface area contributed by atoms with Gasteiger partial charge in [-0.2, -0.15) is 0 Å². The molecule has 112 valence electrons. The second kappa shape index (κ2) is 7.47. The van der Waals surface area contributed by atoms with Gasteiger partial charge in [0, 0.05) is 17.2 Å². The summed E-state index contributed by atoms with van der Waals surface area (Å²) in [5.74, 6) is 0.0358.